The van der Waals surface area contributed by atoms with Crippen LogP contribution in [0.25, 0.3) is 0 Å². The minimum Gasteiger partial charge on any atom is -0.481 e. The van der Waals surface area contributed by atoms with E-state index in [0.717, 1.165) is 24.0 Å². The van der Waals surface area contributed by atoms with Crippen molar-refractivity contribution in [1.29, 1.82) is 0 Å². The van der Waals surface area contributed by atoms with Crippen molar-refractivity contribution >= 4 is 17.8 Å². The van der Waals surface area contributed by atoms with Gasteiger partial charge in [-0.05, 0) is 55.9 Å². The van der Waals surface area contributed by atoms with Crippen molar-refractivity contribution in [2.45, 2.75) is 40.5 Å². The van der Waals surface area contributed by atoms with Gasteiger partial charge in [0.15, 0.2) is 6.61 Å². The molecule has 2 amide bonds. The zero-order chi connectivity index (χ0) is 20.8. The number of nitrogens with one attached hydrogen (secondary N) is 1. The van der Waals surface area contributed by atoms with Crippen LogP contribution in [0.1, 0.15) is 48.2 Å². The lowest BCUT2D eigenvalue weighted by Crippen LogP contribution is -2.44. The number of hydrogen-bond donors (Lipinski definition) is 2. The van der Waals surface area contributed by atoms with Crippen LogP contribution >= 0.6 is 0 Å². The Labute approximate surface area is 166 Å². The Balaban J connectivity index is 2.04. The number of nitrogens with zero attached hydrogens (tertiary/aromatic N) is 1. The third-order valence-corrected chi connectivity index (χ3v) is 4.94. The molecule has 7 heteroatoms. The summed E-state index contributed by atoms with van der Waals surface area (Å²) in [6.45, 7) is 8.82. The third-order valence-electron chi connectivity index (χ3n) is 4.94. The largest absolute Gasteiger partial charge is 0.481 e. The lowest BCUT2D eigenvalue weighted by molar-refractivity contribution is -0.139. The quantitative estimate of drug-likeness (QED) is 0.745. The van der Waals surface area contributed by atoms with Gasteiger partial charge in [-0.15, -0.1) is 0 Å². The van der Waals surface area contributed by atoms with E-state index >= 15 is 0 Å². The van der Waals surface area contributed by atoms with Crippen LogP contribution in [-0.2, 0) is 9.59 Å². The van der Waals surface area contributed by atoms with Crippen molar-refractivity contribution in [2.24, 2.45) is 11.8 Å². The summed E-state index contributed by atoms with van der Waals surface area (Å²) in [7, 11) is 0. The molecule has 2 N–H and O–H groups in total. The van der Waals surface area contributed by atoms with Crippen LogP contribution in [0.2, 0.25) is 0 Å². The summed E-state index contributed by atoms with van der Waals surface area (Å²) in [4.78, 5) is 37.3. The first kappa shape index (κ1) is 21.7. The third kappa shape index (κ3) is 5.71. The molecule has 0 bridgehead atoms. The summed E-state index contributed by atoms with van der Waals surface area (Å²) < 4.78 is 5.34. The first-order valence-corrected chi connectivity index (χ1v) is 9.71. The molecule has 7 nitrogen and oxygen atoms in total. The van der Waals surface area contributed by atoms with Gasteiger partial charge in [0, 0.05) is 31.1 Å². The average Bonchev–Trinajstić information content (AvgIpc) is 2.64. The summed E-state index contributed by atoms with van der Waals surface area (Å²) in [6, 6.07) is 3.49. The predicted molar refractivity (Wildman–Crippen MR) is 106 cm³/mol. The second-order valence-electron chi connectivity index (χ2n) is 7.78. The molecule has 154 valence electrons. The average molecular weight is 390 g/mol. The van der Waals surface area contributed by atoms with Gasteiger partial charge in [0.1, 0.15) is 5.75 Å². The second-order valence-corrected chi connectivity index (χ2v) is 7.78. The number of ether oxygens (including phenoxy) is 1. The monoisotopic (exact) mass is 390 g/mol. The lowest BCUT2D eigenvalue weighted by Gasteiger charge is -2.33. The van der Waals surface area contributed by atoms with Gasteiger partial charge < -0.3 is 20.1 Å². The van der Waals surface area contributed by atoms with Crippen molar-refractivity contribution in [3.63, 3.8) is 0 Å². The van der Waals surface area contributed by atoms with Crippen molar-refractivity contribution in [2.75, 3.05) is 26.2 Å². The highest BCUT2D eigenvalue weighted by Crippen LogP contribution is 2.26. The minimum absolute atomic E-state index is 0.0339. The highest BCUT2D eigenvalue weighted by Gasteiger charge is 2.26. The van der Waals surface area contributed by atoms with Crippen molar-refractivity contribution in [1.82, 2.24) is 10.2 Å². The second kappa shape index (κ2) is 9.57. The van der Waals surface area contributed by atoms with Crippen LogP contribution in [0.15, 0.2) is 12.1 Å². The van der Waals surface area contributed by atoms with Crippen LogP contribution in [0.5, 0.6) is 5.75 Å². The summed E-state index contributed by atoms with van der Waals surface area (Å²) in [5.74, 6) is -0.341. The van der Waals surface area contributed by atoms with Gasteiger partial charge in [0.25, 0.3) is 5.91 Å². The number of likely N-dealkylation sites (tertiary alicyclic amines) is 1. The summed E-state index contributed by atoms with van der Waals surface area (Å²) in [5, 5.41) is 11.7. The Morgan fingerprint density at radius 1 is 1.25 bits per heavy atom. The van der Waals surface area contributed by atoms with E-state index in [2.05, 4.69) is 5.32 Å². The number of piperidine rings is 1. The maximum absolute atomic E-state index is 13.0. The predicted octanol–water partition coefficient (Wildman–Crippen LogP) is 2.39. The van der Waals surface area contributed by atoms with Crippen LogP contribution in [0, 0.1) is 25.7 Å². The molecule has 1 unspecified atom stereocenters. The molecule has 0 spiro atoms. The molecule has 1 aromatic carbocycles. The maximum Gasteiger partial charge on any atom is 0.341 e. The first-order chi connectivity index (χ1) is 13.2. The molecule has 1 fully saturated rings. The molecular weight excluding hydrogens is 360 g/mol. The van der Waals surface area contributed by atoms with Crippen molar-refractivity contribution in [3.8, 4) is 5.75 Å². The SMILES string of the molecule is Cc1cc(C(=O)N2CCCC(CNC(=O)C(C)C)C2)cc(C)c1OCC(=O)O. The number of carbonyl (C=O) groups excluding carboxylic acids is 2. The molecular formula is C21H30N2O5. The van der Waals surface area contributed by atoms with Crippen molar-refractivity contribution in [3.05, 3.63) is 28.8 Å². The standard InChI is InChI=1S/C21H30N2O5/c1-13(2)20(26)22-10-16-6-5-7-23(11-16)21(27)17-8-14(3)19(15(4)9-17)28-12-18(24)25/h8-9,13,16H,5-7,10-12H2,1-4H3,(H,22,26)(H,24,25). The molecule has 0 radical (unpaired) electrons. The van der Waals surface area contributed by atoms with E-state index in [9.17, 15) is 14.4 Å². The van der Waals surface area contributed by atoms with Gasteiger partial charge in [-0.3, -0.25) is 9.59 Å². The first-order valence-electron chi connectivity index (χ1n) is 9.71. The minimum atomic E-state index is -1.04. The highest BCUT2D eigenvalue weighted by atomic mass is 16.5. The fourth-order valence-corrected chi connectivity index (χ4v) is 3.48. The number of carboxylic acids is 1. The zero-order valence-electron chi connectivity index (χ0n) is 17.1. The van der Waals surface area contributed by atoms with Gasteiger partial charge in [0.05, 0.1) is 0 Å². The van der Waals surface area contributed by atoms with E-state index in [1.165, 1.54) is 0 Å². The van der Waals surface area contributed by atoms with E-state index in [0.29, 0.717) is 30.9 Å². The van der Waals surface area contributed by atoms with Crippen LogP contribution in [0.3, 0.4) is 0 Å². The normalized spacial score (nSPS) is 16.8. The molecule has 2 rings (SSSR count). The Kier molecular flexibility index (Phi) is 7.43. The number of aliphatic carboxylic acids is 1. The van der Waals surface area contributed by atoms with Crippen LogP contribution < -0.4 is 10.1 Å². The Bertz CT molecular complexity index is 721. The van der Waals surface area contributed by atoms with E-state index in [4.69, 9.17) is 9.84 Å². The van der Waals surface area contributed by atoms with Gasteiger partial charge in [-0.1, -0.05) is 13.8 Å². The molecule has 1 aliphatic rings. The maximum atomic E-state index is 13.0. The van der Waals surface area contributed by atoms with Gasteiger partial charge in [0.2, 0.25) is 5.91 Å². The number of carboxylic acid groups (broad SMARTS) is 1. The summed E-state index contributed by atoms with van der Waals surface area (Å²) >= 11 is 0. The smallest absolute Gasteiger partial charge is 0.341 e. The Morgan fingerprint density at radius 3 is 2.46 bits per heavy atom. The number of hydrogen-bond acceptors (Lipinski definition) is 4. The Morgan fingerprint density at radius 2 is 1.89 bits per heavy atom. The van der Waals surface area contributed by atoms with E-state index in [-0.39, 0.29) is 23.7 Å². The number of benzene rings is 1. The number of rotatable bonds is 7. The number of carbonyl (C=O) groups is 3. The molecule has 1 heterocycles. The number of amides is 2. The number of aryl methyl sites for hydroxylation is 2. The molecule has 0 aliphatic carbocycles. The van der Waals surface area contributed by atoms with Crippen molar-refractivity contribution < 1.29 is 24.2 Å². The van der Waals surface area contributed by atoms with E-state index in [1.807, 2.05) is 18.7 Å². The van der Waals surface area contributed by atoms with Crippen LogP contribution in [-0.4, -0.2) is 54.0 Å². The molecule has 0 aromatic heterocycles. The fraction of sp³-hybridized carbons (Fsp3) is 0.571. The molecule has 0 saturated carbocycles. The fourth-order valence-electron chi connectivity index (χ4n) is 3.48. The lowest BCUT2D eigenvalue weighted by atomic mass is 9.96. The summed E-state index contributed by atoms with van der Waals surface area (Å²) in [6.07, 6.45) is 1.90. The van der Waals surface area contributed by atoms with E-state index in [1.54, 1.807) is 26.0 Å². The molecule has 1 saturated heterocycles. The zero-order valence-corrected chi connectivity index (χ0v) is 17.1. The Hall–Kier alpha value is -2.57. The van der Waals surface area contributed by atoms with Gasteiger partial charge in [-0.25, -0.2) is 4.79 Å². The van der Waals surface area contributed by atoms with Crippen LogP contribution in [0.4, 0.5) is 0 Å². The molecule has 1 aromatic rings. The van der Waals surface area contributed by atoms with E-state index < -0.39 is 12.6 Å². The highest BCUT2D eigenvalue weighted by molar-refractivity contribution is 5.95. The molecule has 1 aliphatic heterocycles. The molecule has 28 heavy (non-hydrogen) atoms. The summed E-state index contributed by atoms with van der Waals surface area (Å²) in [5.41, 5.74) is 2.05. The van der Waals surface area contributed by atoms with Gasteiger partial charge in [-0.2, -0.15) is 0 Å². The van der Waals surface area contributed by atoms with Gasteiger partial charge >= 0.3 is 5.97 Å². The molecule has 1 atom stereocenters. The topological polar surface area (TPSA) is 95.9 Å².